The molecule has 0 fully saturated rings. The molecule has 0 spiro atoms. The number of ether oxygens (including phenoxy) is 2. The first-order valence-electron chi connectivity index (χ1n) is 4.59. The van der Waals surface area contributed by atoms with Gasteiger partial charge in [0.25, 0.3) is 0 Å². The van der Waals surface area contributed by atoms with E-state index in [2.05, 4.69) is 22.9 Å². The van der Waals surface area contributed by atoms with Crippen LogP contribution < -0.4 is 4.74 Å². The Bertz CT molecular complexity index is 258. The van der Waals surface area contributed by atoms with Gasteiger partial charge in [0.15, 0.2) is 0 Å². The number of halogens is 1. The Morgan fingerprint density at radius 2 is 1.86 bits per heavy atom. The molecule has 1 aromatic rings. The molecule has 1 atom stereocenters. The van der Waals surface area contributed by atoms with E-state index >= 15 is 0 Å². The summed E-state index contributed by atoms with van der Waals surface area (Å²) in [5.74, 6) is 1.32. The smallest absolute Gasteiger partial charge is 0.119 e. The fourth-order valence-electron chi connectivity index (χ4n) is 1.10. The van der Waals surface area contributed by atoms with Gasteiger partial charge in [0.1, 0.15) is 5.75 Å². The minimum Gasteiger partial charge on any atom is -0.493 e. The standard InChI is InChI=1S/C11H15BrO2/c1-9(7-13-2)8-14-11-5-3-10(12)4-6-11/h3-6,9H,7-8H2,1-2H3. The maximum atomic E-state index is 5.57. The van der Waals surface area contributed by atoms with Crippen molar-refractivity contribution in [3.8, 4) is 5.75 Å². The van der Waals surface area contributed by atoms with E-state index in [1.54, 1.807) is 7.11 Å². The third-order valence-corrected chi connectivity index (χ3v) is 2.33. The van der Waals surface area contributed by atoms with Crippen LogP contribution in [-0.2, 0) is 4.74 Å². The highest BCUT2D eigenvalue weighted by atomic mass is 79.9. The van der Waals surface area contributed by atoms with Crippen LogP contribution in [0, 0.1) is 5.92 Å². The zero-order valence-corrected chi connectivity index (χ0v) is 10.1. The van der Waals surface area contributed by atoms with Gasteiger partial charge in [0.05, 0.1) is 13.2 Å². The van der Waals surface area contributed by atoms with Crippen LogP contribution in [0.4, 0.5) is 0 Å². The number of hydrogen-bond acceptors (Lipinski definition) is 2. The third-order valence-electron chi connectivity index (χ3n) is 1.80. The third kappa shape index (κ3) is 4.11. The lowest BCUT2D eigenvalue weighted by Crippen LogP contribution is -2.13. The van der Waals surface area contributed by atoms with Gasteiger partial charge in [-0.25, -0.2) is 0 Å². The Morgan fingerprint density at radius 1 is 1.21 bits per heavy atom. The molecule has 14 heavy (non-hydrogen) atoms. The Kier molecular flexibility index (Phi) is 4.98. The SMILES string of the molecule is COCC(C)COc1ccc(Br)cc1. The van der Waals surface area contributed by atoms with Crippen LogP contribution in [0.2, 0.25) is 0 Å². The van der Waals surface area contributed by atoms with Gasteiger partial charge in [-0.1, -0.05) is 22.9 Å². The molecule has 0 amide bonds. The van der Waals surface area contributed by atoms with E-state index in [0.717, 1.165) is 16.8 Å². The highest BCUT2D eigenvalue weighted by Crippen LogP contribution is 2.16. The molecule has 0 bridgehead atoms. The van der Waals surface area contributed by atoms with E-state index in [0.29, 0.717) is 12.5 Å². The van der Waals surface area contributed by atoms with Crippen molar-refractivity contribution in [3.05, 3.63) is 28.7 Å². The molecule has 0 saturated heterocycles. The van der Waals surface area contributed by atoms with Gasteiger partial charge in [-0.2, -0.15) is 0 Å². The number of benzene rings is 1. The number of hydrogen-bond donors (Lipinski definition) is 0. The molecule has 0 aliphatic carbocycles. The topological polar surface area (TPSA) is 18.5 Å². The minimum atomic E-state index is 0.420. The molecule has 0 aliphatic rings. The number of rotatable bonds is 5. The first kappa shape index (κ1) is 11.5. The van der Waals surface area contributed by atoms with E-state index in [1.807, 2.05) is 24.3 Å². The lowest BCUT2D eigenvalue weighted by Gasteiger charge is -2.11. The summed E-state index contributed by atoms with van der Waals surface area (Å²) in [6, 6.07) is 7.83. The van der Waals surface area contributed by atoms with Crippen LogP contribution >= 0.6 is 15.9 Å². The van der Waals surface area contributed by atoms with E-state index in [9.17, 15) is 0 Å². The fraction of sp³-hybridized carbons (Fsp3) is 0.455. The van der Waals surface area contributed by atoms with Crippen LogP contribution in [0.1, 0.15) is 6.92 Å². The van der Waals surface area contributed by atoms with Crippen LogP contribution in [0.15, 0.2) is 28.7 Å². The van der Waals surface area contributed by atoms with Crippen molar-refractivity contribution in [2.24, 2.45) is 5.92 Å². The van der Waals surface area contributed by atoms with Crippen molar-refractivity contribution in [3.63, 3.8) is 0 Å². The van der Waals surface area contributed by atoms with Gasteiger partial charge in [-0.3, -0.25) is 0 Å². The lowest BCUT2D eigenvalue weighted by atomic mass is 10.2. The molecule has 2 nitrogen and oxygen atoms in total. The second-order valence-corrected chi connectivity index (χ2v) is 4.24. The largest absolute Gasteiger partial charge is 0.493 e. The molecule has 0 saturated carbocycles. The molecule has 0 radical (unpaired) electrons. The molecule has 0 N–H and O–H groups in total. The highest BCUT2D eigenvalue weighted by Gasteiger charge is 2.02. The van der Waals surface area contributed by atoms with Gasteiger partial charge in [-0.05, 0) is 24.3 Å². The molecular weight excluding hydrogens is 244 g/mol. The average molecular weight is 259 g/mol. The molecule has 1 rings (SSSR count). The van der Waals surface area contributed by atoms with Gasteiger partial charge in [0.2, 0.25) is 0 Å². The van der Waals surface area contributed by atoms with E-state index in [1.165, 1.54) is 0 Å². The Balaban J connectivity index is 2.34. The summed E-state index contributed by atoms with van der Waals surface area (Å²) in [6.07, 6.45) is 0. The first-order chi connectivity index (χ1) is 6.72. The normalized spacial score (nSPS) is 12.5. The van der Waals surface area contributed by atoms with Gasteiger partial charge < -0.3 is 9.47 Å². The summed E-state index contributed by atoms with van der Waals surface area (Å²) in [5, 5.41) is 0. The van der Waals surface area contributed by atoms with Gasteiger partial charge in [-0.15, -0.1) is 0 Å². The van der Waals surface area contributed by atoms with Crippen LogP contribution in [0.5, 0.6) is 5.75 Å². The second-order valence-electron chi connectivity index (χ2n) is 3.33. The summed E-state index contributed by atoms with van der Waals surface area (Å²) < 4.78 is 11.7. The van der Waals surface area contributed by atoms with Crippen LogP contribution in [-0.4, -0.2) is 20.3 Å². The molecule has 0 aliphatic heterocycles. The summed E-state index contributed by atoms with van der Waals surface area (Å²) in [6.45, 7) is 3.52. The average Bonchev–Trinajstić information content (AvgIpc) is 2.17. The molecule has 1 aromatic carbocycles. The summed E-state index contributed by atoms with van der Waals surface area (Å²) in [5.41, 5.74) is 0. The molecule has 78 valence electrons. The Morgan fingerprint density at radius 3 is 2.43 bits per heavy atom. The zero-order chi connectivity index (χ0) is 10.4. The van der Waals surface area contributed by atoms with Gasteiger partial charge in [0, 0.05) is 17.5 Å². The van der Waals surface area contributed by atoms with Crippen LogP contribution in [0.3, 0.4) is 0 Å². The molecule has 1 unspecified atom stereocenters. The Labute approximate surface area is 93.4 Å². The lowest BCUT2D eigenvalue weighted by molar-refractivity contribution is 0.127. The molecular formula is C11H15BrO2. The quantitative estimate of drug-likeness (QED) is 0.808. The van der Waals surface area contributed by atoms with Crippen molar-refractivity contribution < 1.29 is 9.47 Å². The van der Waals surface area contributed by atoms with Crippen molar-refractivity contribution >= 4 is 15.9 Å². The predicted octanol–water partition coefficient (Wildman–Crippen LogP) is 3.11. The van der Waals surface area contributed by atoms with E-state index < -0.39 is 0 Å². The first-order valence-corrected chi connectivity index (χ1v) is 5.39. The second kappa shape index (κ2) is 6.04. The van der Waals surface area contributed by atoms with E-state index in [4.69, 9.17) is 9.47 Å². The Hall–Kier alpha value is -0.540. The summed E-state index contributed by atoms with van der Waals surface area (Å²) in [4.78, 5) is 0. The molecule has 0 heterocycles. The molecule has 0 aromatic heterocycles. The van der Waals surface area contributed by atoms with Crippen molar-refractivity contribution in [2.75, 3.05) is 20.3 Å². The maximum absolute atomic E-state index is 5.57. The molecule has 3 heteroatoms. The van der Waals surface area contributed by atoms with Crippen molar-refractivity contribution in [1.29, 1.82) is 0 Å². The van der Waals surface area contributed by atoms with E-state index in [-0.39, 0.29) is 0 Å². The summed E-state index contributed by atoms with van der Waals surface area (Å²) >= 11 is 3.37. The highest BCUT2D eigenvalue weighted by molar-refractivity contribution is 9.10. The van der Waals surface area contributed by atoms with Gasteiger partial charge >= 0.3 is 0 Å². The summed E-state index contributed by atoms with van der Waals surface area (Å²) in [7, 11) is 1.70. The van der Waals surface area contributed by atoms with Crippen LogP contribution in [0.25, 0.3) is 0 Å². The fourth-order valence-corrected chi connectivity index (χ4v) is 1.37. The predicted molar refractivity (Wildman–Crippen MR) is 60.7 cm³/mol. The number of methoxy groups -OCH3 is 1. The van der Waals surface area contributed by atoms with Crippen molar-refractivity contribution in [1.82, 2.24) is 0 Å². The minimum absolute atomic E-state index is 0.420. The monoisotopic (exact) mass is 258 g/mol. The maximum Gasteiger partial charge on any atom is 0.119 e. The zero-order valence-electron chi connectivity index (χ0n) is 8.50. The van der Waals surface area contributed by atoms with Crippen molar-refractivity contribution in [2.45, 2.75) is 6.92 Å².